The summed E-state index contributed by atoms with van der Waals surface area (Å²) in [6.07, 6.45) is 1.55. The van der Waals surface area contributed by atoms with Crippen LogP contribution in [0.25, 0.3) is 0 Å². The van der Waals surface area contributed by atoms with Gasteiger partial charge in [-0.2, -0.15) is 0 Å². The molecule has 4 heteroatoms. The Kier molecular flexibility index (Phi) is 3.95. The van der Waals surface area contributed by atoms with Crippen molar-refractivity contribution in [2.24, 2.45) is 0 Å². The van der Waals surface area contributed by atoms with Crippen molar-refractivity contribution in [3.8, 4) is 5.75 Å². The van der Waals surface area contributed by atoms with Crippen molar-refractivity contribution in [3.05, 3.63) is 58.9 Å². The monoisotopic (exact) mass is 261 g/mol. The van der Waals surface area contributed by atoms with E-state index in [4.69, 9.17) is 16.3 Å². The van der Waals surface area contributed by atoms with Crippen molar-refractivity contribution >= 4 is 17.4 Å². The fraction of sp³-hybridized carbons (Fsp3) is 0.143. The molecule has 0 spiro atoms. The lowest BCUT2D eigenvalue weighted by Gasteiger charge is -2.06. The number of benzene rings is 1. The van der Waals surface area contributed by atoms with Crippen LogP contribution >= 0.6 is 11.6 Å². The van der Waals surface area contributed by atoms with Gasteiger partial charge in [-0.05, 0) is 31.2 Å². The molecule has 2 rings (SSSR count). The summed E-state index contributed by atoms with van der Waals surface area (Å²) in [5.41, 5.74) is 0.934. The topological polar surface area (TPSA) is 39.2 Å². The highest BCUT2D eigenvalue weighted by atomic mass is 35.5. The molecule has 1 heterocycles. The van der Waals surface area contributed by atoms with E-state index in [0.717, 1.165) is 0 Å². The molecule has 0 saturated carbocycles. The van der Waals surface area contributed by atoms with Crippen LogP contribution in [0.3, 0.4) is 0 Å². The fourth-order valence-electron chi connectivity index (χ4n) is 1.60. The lowest BCUT2D eigenvalue weighted by atomic mass is 10.0. The van der Waals surface area contributed by atoms with Crippen LogP contribution in [0.4, 0.5) is 0 Å². The number of halogens is 1. The third-order valence-corrected chi connectivity index (χ3v) is 2.71. The van der Waals surface area contributed by atoms with Gasteiger partial charge in [-0.3, -0.25) is 4.79 Å². The fourth-order valence-corrected chi connectivity index (χ4v) is 1.81. The van der Waals surface area contributed by atoms with E-state index < -0.39 is 0 Å². The summed E-state index contributed by atoms with van der Waals surface area (Å²) in [6, 6.07) is 10.4. The molecule has 0 unspecified atom stereocenters. The highest BCUT2D eigenvalue weighted by Gasteiger charge is 2.13. The summed E-state index contributed by atoms with van der Waals surface area (Å²) in [5, 5.41) is 0.212. The molecule has 92 valence electrons. The average Bonchev–Trinajstić information content (AvgIpc) is 2.39. The molecule has 0 aliphatic heterocycles. The number of aromatic nitrogens is 1. The van der Waals surface area contributed by atoms with Crippen LogP contribution in [0, 0.1) is 0 Å². The first-order valence-electron chi connectivity index (χ1n) is 5.60. The third-order valence-electron chi connectivity index (χ3n) is 2.41. The number of ketones is 1. The SMILES string of the molecule is CCOc1cccc(C(=O)c2cccnc2Cl)c1. The van der Waals surface area contributed by atoms with E-state index >= 15 is 0 Å². The third kappa shape index (κ3) is 2.68. The van der Waals surface area contributed by atoms with Gasteiger partial charge in [0.1, 0.15) is 10.9 Å². The van der Waals surface area contributed by atoms with Gasteiger partial charge in [-0.1, -0.05) is 23.7 Å². The maximum Gasteiger partial charge on any atom is 0.196 e. The quantitative estimate of drug-likeness (QED) is 0.626. The first-order chi connectivity index (χ1) is 8.72. The van der Waals surface area contributed by atoms with Crippen molar-refractivity contribution < 1.29 is 9.53 Å². The molecular weight excluding hydrogens is 250 g/mol. The second-order valence-electron chi connectivity index (χ2n) is 3.63. The summed E-state index contributed by atoms with van der Waals surface area (Å²) in [4.78, 5) is 16.1. The van der Waals surface area contributed by atoms with Crippen LogP contribution in [0.5, 0.6) is 5.75 Å². The Morgan fingerprint density at radius 3 is 2.89 bits per heavy atom. The van der Waals surface area contributed by atoms with Crippen LogP contribution in [0.15, 0.2) is 42.6 Å². The Labute approximate surface area is 110 Å². The first-order valence-corrected chi connectivity index (χ1v) is 5.98. The minimum atomic E-state index is -0.158. The standard InChI is InChI=1S/C14H12ClNO2/c1-2-18-11-6-3-5-10(9-11)13(17)12-7-4-8-16-14(12)15/h3-9H,2H2,1H3. The number of pyridine rings is 1. The number of carbonyl (C=O) groups excluding carboxylic acids is 1. The smallest absolute Gasteiger partial charge is 0.196 e. The number of ether oxygens (including phenoxy) is 1. The second kappa shape index (κ2) is 5.65. The molecular formula is C14H12ClNO2. The van der Waals surface area contributed by atoms with Gasteiger partial charge >= 0.3 is 0 Å². The molecule has 0 radical (unpaired) electrons. The molecule has 0 fully saturated rings. The van der Waals surface area contributed by atoms with Crippen molar-refractivity contribution in [1.29, 1.82) is 0 Å². The summed E-state index contributed by atoms with van der Waals surface area (Å²) in [5.74, 6) is 0.512. The van der Waals surface area contributed by atoms with Gasteiger partial charge < -0.3 is 4.74 Å². The summed E-state index contributed by atoms with van der Waals surface area (Å²) in [6.45, 7) is 2.46. The van der Waals surface area contributed by atoms with Gasteiger partial charge in [0.05, 0.1) is 12.2 Å². The van der Waals surface area contributed by atoms with Gasteiger partial charge in [-0.25, -0.2) is 4.98 Å². The van der Waals surface area contributed by atoms with Crippen LogP contribution < -0.4 is 4.74 Å². The van der Waals surface area contributed by atoms with Gasteiger partial charge in [0, 0.05) is 11.8 Å². The van der Waals surface area contributed by atoms with E-state index in [0.29, 0.717) is 23.5 Å². The normalized spacial score (nSPS) is 10.1. The number of hydrogen-bond acceptors (Lipinski definition) is 3. The van der Waals surface area contributed by atoms with Crippen molar-refractivity contribution in [2.45, 2.75) is 6.92 Å². The number of rotatable bonds is 4. The molecule has 0 N–H and O–H groups in total. The Balaban J connectivity index is 2.34. The zero-order chi connectivity index (χ0) is 13.0. The zero-order valence-electron chi connectivity index (χ0n) is 9.89. The van der Waals surface area contributed by atoms with Gasteiger partial charge in [0.25, 0.3) is 0 Å². The van der Waals surface area contributed by atoms with Crippen molar-refractivity contribution in [2.75, 3.05) is 6.61 Å². The molecule has 18 heavy (non-hydrogen) atoms. The predicted octanol–water partition coefficient (Wildman–Crippen LogP) is 3.36. The lowest BCUT2D eigenvalue weighted by Crippen LogP contribution is -2.03. The Morgan fingerprint density at radius 1 is 1.33 bits per heavy atom. The van der Waals surface area contributed by atoms with Gasteiger partial charge in [0.2, 0.25) is 0 Å². The zero-order valence-corrected chi connectivity index (χ0v) is 10.6. The van der Waals surface area contributed by atoms with E-state index in [1.54, 1.807) is 36.5 Å². The van der Waals surface area contributed by atoms with E-state index in [1.807, 2.05) is 13.0 Å². The molecule has 2 aromatic rings. The van der Waals surface area contributed by atoms with E-state index in [-0.39, 0.29) is 10.9 Å². The highest BCUT2D eigenvalue weighted by molar-refractivity contribution is 6.33. The predicted molar refractivity (Wildman–Crippen MR) is 70.3 cm³/mol. The number of hydrogen-bond donors (Lipinski definition) is 0. The molecule has 0 saturated heterocycles. The Bertz CT molecular complexity index is 569. The molecule has 1 aromatic carbocycles. The second-order valence-corrected chi connectivity index (χ2v) is 3.99. The van der Waals surface area contributed by atoms with Crippen molar-refractivity contribution in [3.63, 3.8) is 0 Å². The van der Waals surface area contributed by atoms with Crippen LogP contribution in [0.1, 0.15) is 22.8 Å². The highest BCUT2D eigenvalue weighted by Crippen LogP contribution is 2.20. The number of carbonyl (C=O) groups is 1. The van der Waals surface area contributed by atoms with Gasteiger partial charge in [-0.15, -0.1) is 0 Å². The summed E-state index contributed by atoms with van der Waals surface area (Å²) < 4.78 is 5.36. The molecule has 1 aromatic heterocycles. The molecule has 3 nitrogen and oxygen atoms in total. The number of nitrogens with zero attached hydrogens (tertiary/aromatic N) is 1. The Hall–Kier alpha value is -1.87. The minimum absolute atomic E-state index is 0.158. The molecule has 0 aliphatic rings. The molecule has 0 aliphatic carbocycles. The first kappa shape index (κ1) is 12.6. The molecule has 0 atom stereocenters. The van der Waals surface area contributed by atoms with Crippen LogP contribution in [-0.4, -0.2) is 17.4 Å². The van der Waals surface area contributed by atoms with E-state index in [1.165, 1.54) is 0 Å². The Morgan fingerprint density at radius 2 is 2.17 bits per heavy atom. The van der Waals surface area contributed by atoms with Crippen LogP contribution in [0.2, 0.25) is 5.15 Å². The molecule has 0 bridgehead atoms. The molecule has 0 amide bonds. The lowest BCUT2D eigenvalue weighted by molar-refractivity contribution is 0.103. The van der Waals surface area contributed by atoms with E-state index in [9.17, 15) is 4.79 Å². The maximum absolute atomic E-state index is 12.2. The average molecular weight is 262 g/mol. The minimum Gasteiger partial charge on any atom is -0.494 e. The van der Waals surface area contributed by atoms with Crippen molar-refractivity contribution in [1.82, 2.24) is 4.98 Å². The van der Waals surface area contributed by atoms with Gasteiger partial charge in [0.15, 0.2) is 5.78 Å². The van der Waals surface area contributed by atoms with Crippen LogP contribution in [-0.2, 0) is 0 Å². The summed E-state index contributed by atoms with van der Waals surface area (Å²) in [7, 11) is 0. The largest absolute Gasteiger partial charge is 0.494 e. The maximum atomic E-state index is 12.2. The van der Waals surface area contributed by atoms with E-state index in [2.05, 4.69) is 4.98 Å². The summed E-state index contributed by atoms with van der Waals surface area (Å²) >= 11 is 5.91.